The van der Waals surface area contributed by atoms with Gasteiger partial charge >= 0.3 is 0 Å². The number of carbonyl (C=O) groups is 2. The molecule has 2 aromatic heterocycles. The Kier molecular flexibility index (Phi) is 7.85. The summed E-state index contributed by atoms with van der Waals surface area (Å²) in [6, 6.07) is 7.74. The molecule has 34 heavy (non-hydrogen) atoms. The van der Waals surface area contributed by atoms with Crippen molar-refractivity contribution >= 4 is 69.8 Å². The van der Waals surface area contributed by atoms with Crippen LogP contribution >= 0.6 is 47.8 Å². The number of likely N-dealkylation sites (tertiary alicyclic amines) is 1. The fraction of sp³-hybridized carbons (Fsp3) is 0.375. The van der Waals surface area contributed by atoms with Crippen LogP contribution in [0.5, 0.6) is 5.75 Å². The predicted octanol–water partition coefficient (Wildman–Crippen LogP) is 5.68. The van der Waals surface area contributed by atoms with E-state index in [0.717, 1.165) is 50.4 Å². The number of nitrogens with two attached hydrogens (primary N) is 1. The van der Waals surface area contributed by atoms with Crippen LogP contribution in [0.25, 0.3) is 21.3 Å². The molecule has 10 heteroatoms. The van der Waals surface area contributed by atoms with Gasteiger partial charge in [0, 0.05) is 58.4 Å². The van der Waals surface area contributed by atoms with Crippen molar-refractivity contribution in [2.75, 3.05) is 0 Å². The molecule has 1 aromatic carbocycles. The van der Waals surface area contributed by atoms with Gasteiger partial charge in [-0.05, 0) is 43.7 Å². The number of hydrogen-bond acceptors (Lipinski definition) is 6. The highest BCUT2D eigenvalue weighted by Crippen LogP contribution is 2.44. The molecule has 5 rings (SSSR count). The highest BCUT2D eigenvalue weighted by Gasteiger charge is 2.39. The number of aromatic nitrogens is 1. The Balaban J connectivity index is 0.00000162. The molecule has 1 saturated heterocycles. The van der Waals surface area contributed by atoms with Gasteiger partial charge in [0.1, 0.15) is 11.9 Å². The van der Waals surface area contributed by atoms with Crippen molar-refractivity contribution in [3.05, 3.63) is 45.9 Å². The Morgan fingerprint density at radius 1 is 1.18 bits per heavy atom. The Labute approximate surface area is 219 Å². The monoisotopic (exact) mass is 541 g/mol. The zero-order valence-electron chi connectivity index (χ0n) is 18.8. The van der Waals surface area contributed by atoms with E-state index < -0.39 is 0 Å². The third-order valence-electron chi connectivity index (χ3n) is 6.13. The van der Waals surface area contributed by atoms with Crippen LogP contribution in [0, 0.1) is 6.92 Å². The molecule has 2 aliphatic rings. The van der Waals surface area contributed by atoms with Crippen molar-refractivity contribution in [1.82, 2.24) is 9.88 Å². The number of imide groups is 1. The van der Waals surface area contributed by atoms with E-state index in [0.29, 0.717) is 17.9 Å². The number of ether oxygens (including phenoxy) is 1. The highest BCUT2D eigenvalue weighted by atomic mass is 35.5. The molecule has 1 saturated carbocycles. The Morgan fingerprint density at radius 2 is 1.85 bits per heavy atom. The number of pyridine rings is 1. The summed E-state index contributed by atoms with van der Waals surface area (Å²) < 4.78 is 7.37. The standard InChI is InChI=1S/C24H24ClN3O3S.2ClH/c1-13-7-14(25)8-18(22(13)31-15-10-24(2,26)11-15)17-5-6-27-19-9-16(32-23(17)19)12-28-20(29)3-4-21(28)30;;/h5-9,15H,3-4,10-12,26H2,1-2H3;2*1H. The van der Waals surface area contributed by atoms with Gasteiger partial charge < -0.3 is 10.5 Å². The Hall–Kier alpha value is -1.90. The largest absolute Gasteiger partial charge is 0.489 e. The van der Waals surface area contributed by atoms with Gasteiger partial charge in [-0.25, -0.2) is 0 Å². The van der Waals surface area contributed by atoms with Crippen molar-refractivity contribution in [2.45, 2.75) is 57.7 Å². The van der Waals surface area contributed by atoms with E-state index in [1.54, 1.807) is 17.5 Å². The minimum atomic E-state index is -0.178. The second-order valence-corrected chi connectivity index (χ2v) is 10.6. The molecule has 2 amide bonds. The molecular weight excluding hydrogens is 517 g/mol. The summed E-state index contributed by atoms with van der Waals surface area (Å²) in [5, 5.41) is 0.636. The van der Waals surface area contributed by atoms with Gasteiger partial charge in [0.25, 0.3) is 0 Å². The number of hydrogen-bond donors (Lipinski definition) is 1. The number of aryl methyl sites for hydroxylation is 1. The number of halogens is 3. The van der Waals surface area contributed by atoms with E-state index in [1.165, 1.54) is 4.90 Å². The fourth-order valence-electron chi connectivity index (χ4n) is 4.55. The molecule has 3 aromatic rings. The van der Waals surface area contributed by atoms with Crippen molar-refractivity contribution in [1.29, 1.82) is 0 Å². The van der Waals surface area contributed by atoms with Crippen molar-refractivity contribution < 1.29 is 14.3 Å². The molecule has 182 valence electrons. The summed E-state index contributed by atoms with van der Waals surface area (Å²) in [5.74, 6) is 0.575. The first-order chi connectivity index (χ1) is 15.2. The van der Waals surface area contributed by atoms with Crippen molar-refractivity contribution in [3.8, 4) is 16.9 Å². The molecular formula is C24H26Cl3N3O3S. The molecule has 2 N–H and O–H groups in total. The second kappa shape index (κ2) is 9.99. The average Bonchev–Trinajstić information content (AvgIpc) is 3.26. The van der Waals surface area contributed by atoms with E-state index in [2.05, 4.69) is 4.98 Å². The molecule has 6 nitrogen and oxygen atoms in total. The van der Waals surface area contributed by atoms with E-state index in [-0.39, 0.29) is 54.8 Å². The van der Waals surface area contributed by atoms with Crippen molar-refractivity contribution in [2.24, 2.45) is 5.73 Å². The summed E-state index contributed by atoms with van der Waals surface area (Å²) in [7, 11) is 0. The van der Waals surface area contributed by atoms with Gasteiger partial charge in [-0.15, -0.1) is 36.2 Å². The maximum absolute atomic E-state index is 12.0. The maximum atomic E-state index is 12.0. The van der Waals surface area contributed by atoms with Gasteiger partial charge in [-0.3, -0.25) is 19.5 Å². The minimum Gasteiger partial charge on any atom is -0.489 e. The zero-order chi connectivity index (χ0) is 22.6. The summed E-state index contributed by atoms with van der Waals surface area (Å²) in [4.78, 5) is 30.9. The van der Waals surface area contributed by atoms with Crippen LogP contribution in [0.2, 0.25) is 5.02 Å². The molecule has 1 aliphatic carbocycles. The van der Waals surface area contributed by atoms with Crippen LogP contribution in [-0.4, -0.2) is 33.3 Å². The number of nitrogens with zero attached hydrogens (tertiary/aromatic N) is 2. The number of amides is 2. The molecule has 0 unspecified atom stereocenters. The van der Waals surface area contributed by atoms with Crippen LogP contribution in [0.3, 0.4) is 0 Å². The SMILES string of the molecule is Cc1cc(Cl)cc(-c2ccnc3cc(CN4C(=O)CCC4=O)sc23)c1OC1CC(C)(N)C1.Cl.Cl. The normalized spacial score (nSPS) is 21.8. The van der Waals surface area contributed by atoms with Crippen molar-refractivity contribution in [3.63, 3.8) is 0 Å². The Bertz CT molecular complexity index is 1240. The lowest BCUT2D eigenvalue weighted by molar-refractivity contribution is -0.138. The highest BCUT2D eigenvalue weighted by molar-refractivity contribution is 7.19. The molecule has 0 radical (unpaired) electrons. The lowest BCUT2D eigenvalue weighted by Gasteiger charge is -2.42. The third kappa shape index (κ3) is 5.04. The van der Waals surface area contributed by atoms with Gasteiger partial charge in [0.15, 0.2) is 0 Å². The van der Waals surface area contributed by atoms with Gasteiger partial charge in [0.2, 0.25) is 11.8 Å². The van der Waals surface area contributed by atoms with E-state index >= 15 is 0 Å². The third-order valence-corrected chi connectivity index (χ3v) is 7.49. The molecule has 1 aliphatic heterocycles. The molecule has 0 spiro atoms. The number of carbonyl (C=O) groups excluding carboxylic acids is 2. The van der Waals surface area contributed by atoms with Crippen LogP contribution < -0.4 is 10.5 Å². The lowest BCUT2D eigenvalue weighted by Crippen LogP contribution is -2.54. The second-order valence-electron chi connectivity index (χ2n) is 9.06. The molecule has 0 bridgehead atoms. The molecule has 0 atom stereocenters. The summed E-state index contributed by atoms with van der Waals surface area (Å²) in [6.45, 7) is 4.32. The first-order valence-electron chi connectivity index (χ1n) is 10.7. The summed E-state index contributed by atoms with van der Waals surface area (Å²) >= 11 is 7.98. The van der Waals surface area contributed by atoms with Crippen LogP contribution in [0.1, 0.15) is 43.0 Å². The van der Waals surface area contributed by atoms with E-state index in [9.17, 15) is 9.59 Å². The first-order valence-corrected chi connectivity index (χ1v) is 11.9. The van der Waals surface area contributed by atoms with Gasteiger partial charge in [0.05, 0.1) is 16.8 Å². The summed E-state index contributed by atoms with van der Waals surface area (Å²) in [6.07, 6.45) is 4.04. The van der Waals surface area contributed by atoms with Gasteiger partial charge in [-0.1, -0.05) is 11.6 Å². The minimum absolute atomic E-state index is 0. The molecule has 3 heterocycles. The quantitative estimate of drug-likeness (QED) is 0.420. The van der Waals surface area contributed by atoms with Gasteiger partial charge in [-0.2, -0.15) is 0 Å². The maximum Gasteiger partial charge on any atom is 0.230 e. The topological polar surface area (TPSA) is 85.5 Å². The Morgan fingerprint density at radius 3 is 2.50 bits per heavy atom. The van der Waals surface area contributed by atoms with Crippen LogP contribution in [0.4, 0.5) is 0 Å². The van der Waals surface area contributed by atoms with Crippen LogP contribution in [0.15, 0.2) is 30.5 Å². The number of thiophene rings is 1. The number of benzene rings is 1. The molecule has 2 fully saturated rings. The smallest absolute Gasteiger partial charge is 0.230 e. The van der Waals surface area contributed by atoms with Crippen LogP contribution in [-0.2, 0) is 16.1 Å². The summed E-state index contributed by atoms with van der Waals surface area (Å²) in [5.41, 5.74) is 9.68. The number of fused-ring (bicyclic) bond motifs is 1. The lowest BCUT2D eigenvalue weighted by atomic mass is 9.77. The predicted molar refractivity (Wildman–Crippen MR) is 140 cm³/mol. The average molecular weight is 543 g/mol. The number of rotatable bonds is 5. The fourth-order valence-corrected chi connectivity index (χ4v) is 5.95. The van der Waals surface area contributed by atoms with E-state index in [4.69, 9.17) is 22.1 Å². The van der Waals surface area contributed by atoms with E-state index in [1.807, 2.05) is 38.1 Å². The zero-order valence-corrected chi connectivity index (χ0v) is 22.0. The first kappa shape index (κ1) is 26.7.